The topological polar surface area (TPSA) is 125 Å². The summed E-state index contributed by atoms with van der Waals surface area (Å²) in [5.41, 5.74) is 1.86. The molecule has 0 bridgehead atoms. The third-order valence-corrected chi connectivity index (χ3v) is 6.43. The van der Waals surface area contributed by atoms with Gasteiger partial charge in [0.1, 0.15) is 16.4 Å². The van der Waals surface area contributed by atoms with Gasteiger partial charge in [0.15, 0.2) is 11.5 Å². The first-order chi connectivity index (χ1) is 17.2. The molecular formula is C25H27N3O7S. The van der Waals surface area contributed by atoms with Crippen LogP contribution < -0.4 is 29.1 Å². The molecular weight excluding hydrogens is 486 g/mol. The van der Waals surface area contributed by atoms with Crippen LogP contribution in [0.5, 0.6) is 23.0 Å². The summed E-state index contributed by atoms with van der Waals surface area (Å²) in [5.74, 6) is 1.17. The van der Waals surface area contributed by atoms with Crippen molar-refractivity contribution in [3.8, 4) is 23.0 Å². The number of anilines is 1. The van der Waals surface area contributed by atoms with E-state index in [1.807, 2.05) is 0 Å². The van der Waals surface area contributed by atoms with Crippen molar-refractivity contribution < 1.29 is 32.2 Å². The Morgan fingerprint density at radius 2 is 1.50 bits per heavy atom. The fraction of sp³-hybridized carbons (Fsp3) is 0.200. The first-order valence-electron chi connectivity index (χ1n) is 10.6. The fourth-order valence-corrected chi connectivity index (χ4v) is 4.25. The third kappa shape index (κ3) is 6.05. The lowest BCUT2D eigenvalue weighted by Gasteiger charge is -2.12. The minimum Gasteiger partial charge on any atom is -0.497 e. The van der Waals surface area contributed by atoms with Crippen LogP contribution in [0.3, 0.4) is 0 Å². The van der Waals surface area contributed by atoms with Gasteiger partial charge in [0.2, 0.25) is 0 Å². The molecule has 0 radical (unpaired) electrons. The molecule has 36 heavy (non-hydrogen) atoms. The highest BCUT2D eigenvalue weighted by atomic mass is 32.2. The highest BCUT2D eigenvalue weighted by molar-refractivity contribution is 7.89. The van der Waals surface area contributed by atoms with Gasteiger partial charge in [0.25, 0.3) is 15.9 Å². The van der Waals surface area contributed by atoms with Crippen LogP contribution in [0.4, 0.5) is 5.69 Å². The molecule has 1 amide bonds. The molecule has 11 heteroatoms. The monoisotopic (exact) mass is 513 g/mol. The van der Waals surface area contributed by atoms with Gasteiger partial charge in [0, 0.05) is 17.3 Å². The summed E-state index contributed by atoms with van der Waals surface area (Å²) in [6.45, 7) is 1.64. The van der Waals surface area contributed by atoms with E-state index >= 15 is 0 Å². The van der Waals surface area contributed by atoms with Gasteiger partial charge in [-0.05, 0) is 55.0 Å². The van der Waals surface area contributed by atoms with Crippen molar-refractivity contribution in [2.45, 2.75) is 11.8 Å². The van der Waals surface area contributed by atoms with E-state index in [0.717, 1.165) is 0 Å². The number of amides is 1. The van der Waals surface area contributed by atoms with Crippen LogP contribution >= 0.6 is 0 Å². The van der Waals surface area contributed by atoms with E-state index in [2.05, 4.69) is 15.2 Å². The van der Waals surface area contributed by atoms with E-state index in [0.29, 0.717) is 39.8 Å². The Balaban J connectivity index is 1.77. The smallest absolute Gasteiger partial charge is 0.280 e. The summed E-state index contributed by atoms with van der Waals surface area (Å²) in [7, 11) is 1.82. The van der Waals surface area contributed by atoms with Crippen molar-refractivity contribution in [2.75, 3.05) is 33.8 Å². The first-order valence-corrected chi connectivity index (χ1v) is 12.1. The van der Waals surface area contributed by atoms with Crippen LogP contribution in [0.25, 0.3) is 0 Å². The molecule has 2 N–H and O–H groups in total. The maximum atomic E-state index is 12.8. The van der Waals surface area contributed by atoms with Gasteiger partial charge in [-0.1, -0.05) is 12.1 Å². The standard InChI is InChI=1S/C25H27N3O7S/c1-16(27-28-36(30,31)24-12-10-20(32-2)15-23(24)35-5)17-7-6-8-19(13-17)26-25(29)18-9-11-21(33-3)22(14-18)34-4/h6-15,28H,1-5H3,(H,26,29)/b27-16-. The summed E-state index contributed by atoms with van der Waals surface area (Å²) in [4.78, 5) is 14.9. The van der Waals surface area contributed by atoms with Gasteiger partial charge in [-0.25, -0.2) is 0 Å². The number of hydrogen-bond donors (Lipinski definition) is 2. The Bertz CT molecular complexity index is 1390. The lowest BCUT2D eigenvalue weighted by atomic mass is 10.1. The number of benzene rings is 3. The normalized spacial score (nSPS) is 11.4. The van der Waals surface area contributed by atoms with Crippen LogP contribution in [0.1, 0.15) is 22.8 Å². The number of methoxy groups -OCH3 is 4. The third-order valence-electron chi connectivity index (χ3n) is 5.18. The molecule has 0 fully saturated rings. The fourth-order valence-electron chi connectivity index (χ4n) is 3.24. The Morgan fingerprint density at radius 3 is 2.17 bits per heavy atom. The number of sulfonamides is 1. The van der Waals surface area contributed by atoms with E-state index in [-0.39, 0.29) is 16.6 Å². The molecule has 10 nitrogen and oxygen atoms in total. The predicted molar refractivity (Wildman–Crippen MR) is 136 cm³/mol. The minimum atomic E-state index is -4.02. The average Bonchev–Trinajstić information content (AvgIpc) is 2.90. The largest absolute Gasteiger partial charge is 0.497 e. The minimum absolute atomic E-state index is 0.0849. The van der Waals surface area contributed by atoms with Crippen LogP contribution in [0.2, 0.25) is 0 Å². The summed E-state index contributed by atoms with van der Waals surface area (Å²) < 4.78 is 46.3. The van der Waals surface area contributed by atoms with Gasteiger partial charge >= 0.3 is 0 Å². The Morgan fingerprint density at radius 1 is 0.778 bits per heavy atom. The number of hydrogen-bond acceptors (Lipinski definition) is 8. The molecule has 0 aliphatic heterocycles. The number of carbonyl (C=O) groups excluding carboxylic acids is 1. The van der Waals surface area contributed by atoms with E-state index in [1.54, 1.807) is 49.4 Å². The van der Waals surface area contributed by atoms with Crippen molar-refractivity contribution in [3.05, 3.63) is 71.8 Å². The lowest BCUT2D eigenvalue weighted by Crippen LogP contribution is -2.20. The second-order valence-corrected chi connectivity index (χ2v) is 9.04. The van der Waals surface area contributed by atoms with Gasteiger partial charge in [0.05, 0.1) is 34.2 Å². The SMILES string of the molecule is COc1ccc(S(=O)(=O)N/N=C(/C)c2cccc(NC(=O)c3ccc(OC)c(OC)c3)c2)c(OC)c1. The predicted octanol–water partition coefficient (Wildman–Crippen LogP) is 3.68. The highest BCUT2D eigenvalue weighted by Crippen LogP contribution is 2.29. The van der Waals surface area contributed by atoms with E-state index in [1.165, 1.54) is 46.6 Å². The maximum Gasteiger partial charge on any atom is 0.280 e. The summed E-state index contributed by atoms with van der Waals surface area (Å²) in [6, 6.07) is 16.0. The molecule has 0 aliphatic carbocycles. The second kappa shape index (κ2) is 11.5. The number of rotatable bonds is 10. The van der Waals surface area contributed by atoms with Gasteiger partial charge in [-0.2, -0.15) is 18.4 Å². The Kier molecular flexibility index (Phi) is 8.38. The molecule has 0 atom stereocenters. The van der Waals surface area contributed by atoms with Crippen molar-refractivity contribution in [2.24, 2.45) is 5.10 Å². The molecule has 3 aromatic rings. The quantitative estimate of drug-likeness (QED) is 0.313. The number of nitrogens with zero attached hydrogens (tertiary/aromatic N) is 1. The number of carbonyl (C=O) groups is 1. The van der Waals surface area contributed by atoms with Crippen LogP contribution in [0, 0.1) is 0 Å². The molecule has 3 rings (SSSR count). The molecule has 0 aliphatic rings. The molecule has 0 heterocycles. The van der Waals surface area contributed by atoms with Gasteiger partial charge in [-0.3, -0.25) is 4.79 Å². The molecule has 190 valence electrons. The number of ether oxygens (including phenoxy) is 4. The van der Waals surface area contributed by atoms with Crippen LogP contribution in [0.15, 0.2) is 70.7 Å². The summed E-state index contributed by atoms with van der Waals surface area (Å²) in [6.07, 6.45) is 0. The zero-order chi connectivity index (χ0) is 26.3. The summed E-state index contributed by atoms with van der Waals surface area (Å²) in [5, 5.41) is 6.84. The van der Waals surface area contributed by atoms with Crippen molar-refractivity contribution >= 4 is 27.3 Å². The number of nitrogens with one attached hydrogen (secondary N) is 2. The van der Waals surface area contributed by atoms with Crippen molar-refractivity contribution in [3.63, 3.8) is 0 Å². The molecule has 3 aromatic carbocycles. The molecule has 0 aromatic heterocycles. The van der Waals surface area contributed by atoms with Crippen LogP contribution in [-0.2, 0) is 10.0 Å². The maximum absolute atomic E-state index is 12.8. The zero-order valence-electron chi connectivity index (χ0n) is 20.5. The van der Waals surface area contributed by atoms with Crippen molar-refractivity contribution in [1.29, 1.82) is 0 Å². The average molecular weight is 514 g/mol. The molecule has 0 saturated carbocycles. The number of hydrazone groups is 1. The van der Waals surface area contributed by atoms with Crippen LogP contribution in [-0.4, -0.2) is 48.5 Å². The molecule has 0 unspecified atom stereocenters. The Labute approximate surface area is 209 Å². The first kappa shape index (κ1) is 26.4. The molecule has 0 spiro atoms. The van der Waals surface area contributed by atoms with E-state index in [4.69, 9.17) is 18.9 Å². The Hall–Kier alpha value is -4.25. The lowest BCUT2D eigenvalue weighted by molar-refractivity contribution is 0.102. The van der Waals surface area contributed by atoms with Gasteiger partial charge < -0.3 is 24.3 Å². The molecule has 0 saturated heterocycles. The van der Waals surface area contributed by atoms with Gasteiger partial charge in [-0.15, -0.1) is 0 Å². The highest BCUT2D eigenvalue weighted by Gasteiger charge is 2.20. The second-order valence-electron chi connectivity index (χ2n) is 7.41. The zero-order valence-corrected chi connectivity index (χ0v) is 21.3. The van der Waals surface area contributed by atoms with Crippen molar-refractivity contribution in [1.82, 2.24) is 4.83 Å². The van der Waals surface area contributed by atoms with E-state index in [9.17, 15) is 13.2 Å². The van der Waals surface area contributed by atoms with E-state index < -0.39 is 10.0 Å². The summed E-state index contributed by atoms with van der Waals surface area (Å²) >= 11 is 0.